The van der Waals surface area contributed by atoms with Gasteiger partial charge in [-0.2, -0.15) is 0 Å². The van der Waals surface area contributed by atoms with Gasteiger partial charge < -0.3 is 4.90 Å². The van der Waals surface area contributed by atoms with E-state index in [1.807, 2.05) is 59.5 Å². The summed E-state index contributed by atoms with van der Waals surface area (Å²) in [7, 11) is 0. The molecule has 0 unspecified atom stereocenters. The van der Waals surface area contributed by atoms with Crippen LogP contribution in [-0.2, 0) is 10.8 Å². The Morgan fingerprint density at radius 1 is 0.356 bits per heavy atom. The number of hydrogen-bond acceptors (Lipinski definition) is 1. The molecule has 3 aliphatic carbocycles. The highest BCUT2D eigenvalue weighted by atomic mass is 15.1. The maximum atomic E-state index is 10.0. The largest absolute Gasteiger partial charge is 0.310 e. The lowest BCUT2D eigenvalue weighted by atomic mass is 9.70. The van der Waals surface area contributed by atoms with Crippen molar-refractivity contribution in [3.63, 3.8) is 0 Å². The second-order valence-electron chi connectivity index (χ2n) is 16.5. The summed E-state index contributed by atoms with van der Waals surface area (Å²) < 4.78 is 39.8. The molecule has 278 valence electrons. The van der Waals surface area contributed by atoms with Gasteiger partial charge in [0.15, 0.2) is 0 Å². The summed E-state index contributed by atoms with van der Waals surface area (Å²) in [4.78, 5) is 1.98. The van der Waals surface area contributed by atoms with Gasteiger partial charge in [-0.1, -0.05) is 196 Å². The quantitative estimate of drug-likeness (QED) is 0.169. The summed E-state index contributed by atoms with van der Waals surface area (Å²) in [5.41, 5.74) is 17.5. The predicted molar refractivity (Wildman–Crippen MR) is 246 cm³/mol. The van der Waals surface area contributed by atoms with E-state index in [4.69, 9.17) is 0 Å². The van der Waals surface area contributed by atoms with Gasteiger partial charge in [-0.25, -0.2) is 0 Å². The summed E-state index contributed by atoms with van der Waals surface area (Å²) >= 11 is 0. The van der Waals surface area contributed by atoms with Gasteiger partial charge in [0.05, 0.1) is 16.6 Å². The van der Waals surface area contributed by atoms with Crippen LogP contribution in [0.15, 0.2) is 212 Å². The monoisotopic (exact) mass is 755 g/mol. The fourth-order valence-corrected chi connectivity index (χ4v) is 10.7. The molecule has 0 amide bonds. The van der Waals surface area contributed by atoms with Crippen molar-refractivity contribution in [1.82, 2.24) is 0 Å². The minimum atomic E-state index is -0.615. The molecule has 9 aromatic rings. The Hall–Kier alpha value is -7.22. The molecule has 12 rings (SSSR count). The van der Waals surface area contributed by atoms with Crippen LogP contribution in [0.1, 0.15) is 52.7 Å². The maximum Gasteiger partial charge on any atom is 0.0726 e. The van der Waals surface area contributed by atoms with Gasteiger partial charge in [-0.05, 0) is 114 Å². The van der Waals surface area contributed by atoms with Crippen LogP contribution in [0.2, 0.25) is 0 Å². The van der Waals surface area contributed by atoms with E-state index in [0.29, 0.717) is 5.56 Å². The van der Waals surface area contributed by atoms with Crippen LogP contribution >= 0.6 is 0 Å². The summed E-state index contributed by atoms with van der Waals surface area (Å²) in [5.74, 6) is 0. The first-order chi connectivity index (χ1) is 30.7. The van der Waals surface area contributed by atoms with Gasteiger partial charge in [-0.15, -0.1) is 0 Å². The van der Waals surface area contributed by atoms with Crippen molar-refractivity contribution in [1.29, 1.82) is 0 Å². The first-order valence-electron chi connectivity index (χ1n) is 22.5. The summed E-state index contributed by atoms with van der Waals surface area (Å²) in [6, 6.07) is 65.1. The highest BCUT2D eigenvalue weighted by Gasteiger charge is 2.51. The molecule has 0 saturated heterocycles. The highest BCUT2D eigenvalue weighted by Crippen LogP contribution is 2.63. The fourth-order valence-electron chi connectivity index (χ4n) is 10.7. The van der Waals surface area contributed by atoms with Crippen LogP contribution in [0.4, 0.5) is 17.1 Å². The third-order valence-electron chi connectivity index (χ3n) is 13.2. The van der Waals surface area contributed by atoms with Gasteiger partial charge in [0.1, 0.15) is 0 Å². The number of para-hydroxylation sites is 1. The highest BCUT2D eigenvalue weighted by molar-refractivity contribution is 5.97. The Morgan fingerprint density at radius 2 is 0.831 bits per heavy atom. The number of benzene rings is 9. The van der Waals surface area contributed by atoms with E-state index in [1.165, 1.54) is 38.9 Å². The Kier molecular flexibility index (Phi) is 6.41. The van der Waals surface area contributed by atoms with E-state index < -0.39 is 10.8 Å². The third kappa shape index (κ3) is 4.67. The summed E-state index contributed by atoms with van der Waals surface area (Å²) in [6.45, 7) is 4.38. The van der Waals surface area contributed by atoms with Gasteiger partial charge in [0.2, 0.25) is 0 Å². The van der Waals surface area contributed by atoms with Gasteiger partial charge >= 0.3 is 0 Å². The second-order valence-corrected chi connectivity index (χ2v) is 16.5. The van der Waals surface area contributed by atoms with E-state index >= 15 is 0 Å². The zero-order valence-corrected chi connectivity index (χ0v) is 32.8. The zero-order chi connectivity index (χ0) is 42.8. The lowest BCUT2D eigenvalue weighted by Gasteiger charge is -2.33. The lowest BCUT2D eigenvalue weighted by molar-refractivity contribution is 0.662. The molecule has 59 heavy (non-hydrogen) atoms. The molecule has 0 bridgehead atoms. The number of fused-ring (bicyclic) bond motifs is 13. The molecule has 0 radical (unpaired) electrons. The Labute approximate surface area is 352 Å². The molecule has 1 nitrogen and oxygen atoms in total. The van der Waals surface area contributed by atoms with Crippen molar-refractivity contribution in [3.8, 4) is 55.6 Å². The molecule has 1 spiro atoms. The molecular formula is C58H41N. The molecule has 0 heterocycles. The van der Waals surface area contributed by atoms with Crippen molar-refractivity contribution < 1.29 is 5.48 Å². The van der Waals surface area contributed by atoms with Crippen LogP contribution < -0.4 is 4.90 Å². The van der Waals surface area contributed by atoms with Crippen LogP contribution in [0, 0.1) is 0 Å². The van der Waals surface area contributed by atoms with Crippen molar-refractivity contribution in [2.45, 2.75) is 24.7 Å². The van der Waals surface area contributed by atoms with E-state index in [9.17, 15) is 5.48 Å². The minimum absolute atomic E-state index is 0.0722. The van der Waals surface area contributed by atoms with Crippen molar-refractivity contribution in [3.05, 3.63) is 246 Å². The minimum Gasteiger partial charge on any atom is -0.310 e. The molecule has 0 saturated carbocycles. The van der Waals surface area contributed by atoms with Crippen molar-refractivity contribution >= 4 is 17.1 Å². The van der Waals surface area contributed by atoms with Crippen LogP contribution in [0.3, 0.4) is 0 Å². The smallest absolute Gasteiger partial charge is 0.0726 e. The first kappa shape index (κ1) is 29.9. The van der Waals surface area contributed by atoms with Gasteiger partial charge in [0, 0.05) is 22.4 Å². The lowest BCUT2D eigenvalue weighted by Crippen LogP contribution is -2.26. The molecule has 0 atom stereocenters. The van der Waals surface area contributed by atoms with Crippen LogP contribution in [0.5, 0.6) is 0 Å². The molecule has 0 aliphatic heterocycles. The van der Waals surface area contributed by atoms with Crippen LogP contribution in [0.25, 0.3) is 55.6 Å². The molecule has 0 aromatic heterocycles. The SMILES string of the molecule is [2H]c1c([2H])c(N(c2ccc3c(c2)C2(c4ccccc4-c4ccccc42)c2ccccc2-3)c2ccccc2-c2ccccc2)c([2H])c([2H])c1-c1cccc2c1C(C)(C)c1ccccc1-2. The topological polar surface area (TPSA) is 3.24 Å². The number of nitrogens with zero attached hydrogens (tertiary/aromatic N) is 1. The maximum absolute atomic E-state index is 10.0. The van der Waals surface area contributed by atoms with E-state index in [1.54, 1.807) is 0 Å². The van der Waals surface area contributed by atoms with Crippen molar-refractivity contribution in [2.24, 2.45) is 0 Å². The van der Waals surface area contributed by atoms with Gasteiger partial charge in [-0.3, -0.25) is 0 Å². The molecule has 0 N–H and O–H groups in total. The first-order valence-corrected chi connectivity index (χ1v) is 20.5. The number of hydrogen-bond donors (Lipinski definition) is 0. The molecule has 0 fully saturated rings. The van der Waals surface area contributed by atoms with Crippen LogP contribution in [-0.4, -0.2) is 0 Å². The third-order valence-corrected chi connectivity index (χ3v) is 13.2. The Bertz CT molecular complexity index is 3290. The number of rotatable bonds is 5. The summed E-state index contributed by atoms with van der Waals surface area (Å²) in [5, 5.41) is 0. The number of anilines is 3. The molecule has 9 aromatic carbocycles. The average Bonchev–Trinajstić information content (AvgIpc) is 3.89. The van der Waals surface area contributed by atoms with E-state index in [2.05, 4.69) is 147 Å². The normalized spacial score (nSPS) is 15.2. The fraction of sp³-hybridized carbons (Fsp3) is 0.0690. The van der Waals surface area contributed by atoms with E-state index in [0.717, 1.165) is 55.9 Å². The zero-order valence-electron chi connectivity index (χ0n) is 36.8. The standard InChI is InChI=1S/C58H41N/c1-57(2)50-26-11-6-23-47(50)49-25-16-24-43(56(49)57)39-31-33-40(34-32-39)59(55-30-15-10-19-42(55)38-17-4-3-5-18-38)41-35-36-48-46-22-9-14-29-53(46)58(54(48)37-41)51-27-12-7-20-44(51)45-21-8-13-28-52(45)58/h3-37H,1-2H3/i31D,32D,33D,34D. The second kappa shape index (κ2) is 12.6. The molecule has 1 heteroatoms. The predicted octanol–water partition coefficient (Wildman–Crippen LogP) is 15.1. The van der Waals surface area contributed by atoms with Gasteiger partial charge in [0.25, 0.3) is 0 Å². The van der Waals surface area contributed by atoms with E-state index in [-0.39, 0.29) is 29.9 Å². The van der Waals surface area contributed by atoms with Crippen molar-refractivity contribution in [2.75, 3.05) is 4.90 Å². The average molecular weight is 756 g/mol. The Balaban J connectivity index is 1.14. The Morgan fingerprint density at radius 3 is 1.46 bits per heavy atom. The molecule has 3 aliphatic rings. The molecular weight excluding hydrogens is 711 g/mol. The summed E-state index contributed by atoms with van der Waals surface area (Å²) in [6.07, 6.45) is 0.